The number of alkyl carbamates (subject to hydrolysis) is 1. The second kappa shape index (κ2) is 5.14. The van der Waals surface area contributed by atoms with Gasteiger partial charge in [0.05, 0.1) is 0 Å². The number of aliphatic carboxylic acids is 1. The number of ether oxygens (including phenoxy) is 1. The molecule has 0 aliphatic rings. The lowest BCUT2D eigenvalue weighted by atomic mass is 10.6. The van der Waals surface area contributed by atoms with Gasteiger partial charge in [-0.25, -0.2) is 9.59 Å². The van der Waals surface area contributed by atoms with Crippen molar-refractivity contribution in [1.82, 2.24) is 5.32 Å². The molecule has 0 aromatic carbocycles. The molecule has 12 heavy (non-hydrogen) atoms. The van der Waals surface area contributed by atoms with Crippen molar-refractivity contribution in [2.45, 2.75) is 6.23 Å². The number of carbonyl (C=O) groups is 2. The van der Waals surface area contributed by atoms with Crippen LogP contribution in [0.1, 0.15) is 0 Å². The van der Waals surface area contributed by atoms with Crippen LogP contribution in [0.25, 0.3) is 0 Å². The number of nitrogens with one attached hydrogen (secondary N) is 1. The average Bonchev–Trinajstić information content (AvgIpc) is 2.00. The van der Waals surface area contributed by atoms with Gasteiger partial charge in [-0.15, -0.1) is 0 Å². The molecule has 0 aromatic heterocycles. The quantitative estimate of drug-likeness (QED) is 0.388. The Hall–Kier alpha value is -1.56. The molecular weight excluding hydrogens is 166 g/mol. The lowest BCUT2D eigenvalue weighted by Crippen LogP contribution is -2.40. The van der Waals surface area contributed by atoms with Crippen LogP contribution in [-0.2, 0) is 9.53 Å². The highest BCUT2D eigenvalue weighted by molar-refractivity contribution is 5.78. The smallest absolute Gasteiger partial charge is 0.409 e. The molecule has 0 aliphatic carbocycles. The molecule has 0 radical (unpaired) electrons. The van der Waals surface area contributed by atoms with E-state index in [0.29, 0.717) is 0 Å². The third-order valence-corrected chi connectivity index (χ3v) is 0.821. The topological polar surface area (TPSA) is 95.9 Å². The monoisotopic (exact) mass is 175 g/mol. The highest BCUT2D eigenvalue weighted by Gasteiger charge is 2.15. The van der Waals surface area contributed by atoms with Crippen molar-refractivity contribution in [3.05, 3.63) is 12.7 Å². The van der Waals surface area contributed by atoms with Gasteiger partial charge in [-0.05, 0) is 0 Å². The van der Waals surface area contributed by atoms with Crippen LogP contribution in [-0.4, -0.2) is 35.1 Å². The van der Waals surface area contributed by atoms with E-state index >= 15 is 0 Å². The highest BCUT2D eigenvalue weighted by atomic mass is 16.6. The van der Waals surface area contributed by atoms with Crippen molar-refractivity contribution in [2.75, 3.05) is 6.61 Å². The summed E-state index contributed by atoms with van der Waals surface area (Å²) in [5, 5.41) is 18.3. The average molecular weight is 175 g/mol. The van der Waals surface area contributed by atoms with E-state index < -0.39 is 18.3 Å². The van der Waals surface area contributed by atoms with Crippen molar-refractivity contribution in [1.29, 1.82) is 0 Å². The Morgan fingerprint density at radius 3 is 2.67 bits per heavy atom. The third kappa shape index (κ3) is 4.29. The summed E-state index contributed by atoms with van der Waals surface area (Å²) in [6, 6.07) is 0. The zero-order chi connectivity index (χ0) is 9.56. The molecule has 0 bridgehead atoms. The molecule has 1 amide bonds. The predicted octanol–water partition coefficient (Wildman–Crippen LogP) is -0.698. The molecule has 0 heterocycles. The molecular formula is C6H9NO5. The van der Waals surface area contributed by atoms with Gasteiger partial charge < -0.3 is 14.9 Å². The summed E-state index contributed by atoms with van der Waals surface area (Å²) in [6.07, 6.45) is -1.64. The minimum atomic E-state index is -1.94. The number of rotatable bonds is 4. The molecule has 0 spiro atoms. The number of hydrogen-bond donors (Lipinski definition) is 3. The fourth-order valence-electron chi connectivity index (χ4n) is 0.350. The van der Waals surface area contributed by atoms with Crippen LogP contribution in [0.15, 0.2) is 12.7 Å². The van der Waals surface area contributed by atoms with E-state index in [1.807, 2.05) is 0 Å². The van der Waals surface area contributed by atoms with E-state index in [0.717, 1.165) is 0 Å². The van der Waals surface area contributed by atoms with E-state index in [4.69, 9.17) is 10.2 Å². The van der Waals surface area contributed by atoms with Gasteiger partial charge in [0.2, 0.25) is 6.23 Å². The molecule has 0 saturated carbocycles. The van der Waals surface area contributed by atoms with Gasteiger partial charge in [-0.3, -0.25) is 5.32 Å². The van der Waals surface area contributed by atoms with Crippen LogP contribution < -0.4 is 5.32 Å². The van der Waals surface area contributed by atoms with Gasteiger partial charge in [-0.1, -0.05) is 12.7 Å². The van der Waals surface area contributed by atoms with Crippen LogP contribution in [0.3, 0.4) is 0 Å². The fourth-order valence-corrected chi connectivity index (χ4v) is 0.350. The minimum absolute atomic E-state index is 0.0435. The summed E-state index contributed by atoms with van der Waals surface area (Å²) in [7, 11) is 0. The lowest BCUT2D eigenvalue weighted by Gasteiger charge is -2.07. The SMILES string of the molecule is C=CCOC(=O)N[C@H](O)C(=O)O. The zero-order valence-electron chi connectivity index (χ0n) is 6.19. The lowest BCUT2D eigenvalue weighted by molar-refractivity contribution is -0.148. The van der Waals surface area contributed by atoms with Gasteiger partial charge in [-0.2, -0.15) is 0 Å². The second-order valence-electron chi connectivity index (χ2n) is 1.77. The highest BCUT2D eigenvalue weighted by Crippen LogP contribution is 1.82. The largest absolute Gasteiger partial charge is 0.478 e. The molecule has 6 heteroatoms. The number of carbonyl (C=O) groups excluding carboxylic acids is 1. The van der Waals surface area contributed by atoms with Gasteiger partial charge >= 0.3 is 12.1 Å². The first-order valence-electron chi connectivity index (χ1n) is 3.03. The summed E-state index contributed by atoms with van der Waals surface area (Å²) < 4.78 is 4.32. The first kappa shape index (κ1) is 10.4. The van der Waals surface area contributed by atoms with Crippen molar-refractivity contribution < 1.29 is 24.5 Å². The number of aliphatic hydroxyl groups excluding tert-OH is 1. The standard InChI is InChI=1S/C6H9NO5/c1-2-3-12-6(11)7-4(8)5(9)10/h2,4,8H,1,3H2,(H,7,11)(H,9,10)/t4-/m1/s1. The van der Waals surface area contributed by atoms with E-state index in [2.05, 4.69) is 11.3 Å². The van der Waals surface area contributed by atoms with Crippen LogP contribution in [0.2, 0.25) is 0 Å². The first-order valence-corrected chi connectivity index (χ1v) is 3.03. The van der Waals surface area contributed by atoms with Crippen molar-refractivity contribution >= 4 is 12.1 Å². The van der Waals surface area contributed by atoms with Gasteiger partial charge in [0, 0.05) is 0 Å². The molecule has 0 aliphatic heterocycles. The Balaban J connectivity index is 3.68. The van der Waals surface area contributed by atoms with E-state index in [1.165, 1.54) is 6.08 Å². The van der Waals surface area contributed by atoms with Crippen molar-refractivity contribution in [2.24, 2.45) is 0 Å². The first-order chi connectivity index (χ1) is 5.57. The molecule has 0 aromatic rings. The number of carboxylic acids is 1. The minimum Gasteiger partial charge on any atom is -0.478 e. The molecule has 0 unspecified atom stereocenters. The molecule has 0 rings (SSSR count). The van der Waals surface area contributed by atoms with Gasteiger partial charge in [0.25, 0.3) is 0 Å². The summed E-state index contributed by atoms with van der Waals surface area (Å²) >= 11 is 0. The van der Waals surface area contributed by atoms with Crippen molar-refractivity contribution in [3.8, 4) is 0 Å². The number of amides is 1. The Kier molecular flexibility index (Phi) is 4.47. The van der Waals surface area contributed by atoms with Crippen LogP contribution in [0.5, 0.6) is 0 Å². The van der Waals surface area contributed by atoms with Crippen LogP contribution in [0, 0.1) is 0 Å². The number of aliphatic hydroxyl groups is 1. The molecule has 6 nitrogen and oxygen atoms in total. The molecule has 0 saturated heterocycles. The predicted molar refractivity (Wildman–Crippen MR) is 38.3 cm³/mol. The molecule has 1 atom stereocenters. The zero-order valence-corrected chi connectivity index (χ0v) is 6.19. The second-order valence-corrected chi connectivity index (χ2v) is 1.77. The molecule has 0 fully saturated rings. The Labute approximate surface area is 68.4 Å². The van der Waals surface area contributed by atoms with Crippen molar-refractivity contribution in [3.63, 3.8) is 0 Å². The third-order valence-electron chi connectivity index (χ3n) is 0.821. The van der Waals surface area contributed by atoms with Gasteiger partial charge in [0.15, 0.2) is 0 Å². The number of hydrogen-bond acceptors (Lipinski definition) is 4. The molecule has 3 N–H and O–H groups in total. The maximum absolute atomic E-state index is 10.5. The normalized spacial score (nSPS) is 11.4. The maximum Gasteiger partial charge on any atom is 0.409 e. The Morgan fingerprint density at radius 1 is 1.67 bits per heavy atom. The summed E-state index contributed by atoms with van der Waals surface area (Å²) in [5.74, 6) is -1.55. The summed E-state index contributed by atoms with van der Waals surface area (Å²) in [6.45, 7) is 3.22. The fraction of sp³-hybridized carbons (Fsp3) is 0.333. The Bertz CT molecular complexity index is 190. The van der Waals surface area contributed by atoms with E-state index in [1.54, 1.807) is 5.32 Å². The summed E-state index contributed by atoms with van der Waals surface area (Å²) in [5.41, 5.74) is 0. The van der Waals surface area contributed by atoms with Crippen LogP contribution in [0.4, 0.5) is 4.79 Å². The van der Waals surface area contributed by atoms with E-state index in [-0.39, 0.29) is 6.61 Å². The maximum atomic E-state index is 10.5. The van der Waals surface area contributed by atoms with Gasteiger partial charge in [0.1, 0.15) is 6.61 Å². The Morgan fingerprint density at radius 2 is 2.25 bits per heavy atom. The summed E-state index contributed by atoms with van der Waals surface area (Å²) in [4.78, 5) is 20.5. The van der Waals surface area contributed by atoms with E-state index in [9.17, 15) is 9.59 Å². The number of carboxylic acid groups (broad SMARTS) is 1. The molecule has 68 valence electrons. The van der Waals surface area contributed by atoms with Crippen LogP contribution >= 0.6 is 0 Å².